The molecule has 1 aromatic carbocycles. The summed E-state index contributed by atoms with van der Waals surface area (Å²) in [6, 6.07) is 10.3. The van der Waals surface area contributed by atoms with E-state index in [0.29, 0.717) is 0 Å². The summed E-state index contributed by atoms with van der Waals surface area (Å²) in [5.74, 6) is 0.850. The number of unbranched alkanes of at least 4 members (excludes halogenated alkanes) is 1. The van der Waals surface area contributed by atoms with Gasteiger partial charge < -0.3 is 10.6 Å². The molecule has 0 saturated heterocycles. The molecule has 6 heteroatoms. The van der Waals surface area contributed by atoms with E-state index >= 15 is 0 Å². The highest BCUT2D eigenvalue weighted by Gasteiger charge is 2.09. The second kappa shape index (κ2) is 10.6. The van der Waals surface area contributed by atoms with Crippen molar-refractivity contribution in [2.24, 2.45) is 4.99 Å². The first kappa shape index (κ1) is 19.9. The molecule has 0 fully saturated rings. The number of guanidine groups is 1. The van der Waals surface area contributed by atoms with Gasteiger partial charge in [0.2, 0.25) is 0 Å². The SMILES string of the molecule is CCCCNC(=NC)NCc1sc(-c2ccccc2)nc1C.I. The van der Waals surface area contributed by atoms with E-state index in [0.717, 1.165) is 36.2 Å². The quantitative estimate of drug-likeness (QED) is 0.304. The molecule has 0 atom stereocenters. The maximum atomic E-state index is 4.68. The van der Waals surface area contributed by atoms with E-state index < -0.39 is 0 Å². The van der Waals surface area contributed by atoms with Crippen LogP contribution < -0.4 is 10.6 Å². The number of hydrogen-bond acceptors (Lipinski definition) is 3. The highest BCUT2D eigenvalue weighted by Crippen LogP contribution is 2.27. The standard InChI is InChI=1S/C17H24N4S.HI/c1-4-5-11-19-17(18-3)20-12-15-13(2)21-16(22-15)14-9-7-6-8-10-14;/h6-10H,4-5,11-12H2,1-3H3,(H2,18,19,20);1H. The van der Waals surface area contributed by atoms with Crippen molar-refractivity contribution in [3.05, 3.63) is 40.9 Å². The van der Waals surface area contributed by atoms with Gasteiger partial charge in [0.25, 0.3) is 0 Å². The van der Waals surface area contributed by atoms with Gasteiger partial charge in [-0.15, -0.1) is 35.3 Å². The third-order valence-electron chi connectivity index (χ3n) is 3.38. The van der Waals surface area contributed by atoms with Crippen LogP contribution in [0.3, 0.4) is 0 Å². The molecule has 2 N–H and O–H groups in total. The number of halogens is 1. The molecule has 0 bridgehead atoms. The van der Waals surface area contributed by atoms with Crippen molar-refractivity contribution in [1.82, 2.24) is 15.6 Å². The number of hydrogen-bond donors (Lipinski definition) is 2. The number of rotatable bonds is 6. The van der Waals surface area contributed by atoms with Crippen molar-refractivity contribution in [3.63, 3.8) is 0 Å². The zero-order chi connectivity index (χ0) is 15.8. The Bertz CT molecular complexity index is 610. The van der Waals surface area contributed by atoms with Crippen LogP contribution in [0, 0.1) is 6.92 Å². The molecule has 0 aliphatic rings. The van der Waals surface area contributed by atoms with Gasteiger partial charge in [-0.1, -0.05) is 43.7 Å². The smallest absolute Gasteiger partial charge is 0.191 e. The molecular weight excluding hydrogens is 419 g/mol. The van der Waals surface area contributed by atoms with Crippen LogP contribution in [0.2, 0.25) is 0 Å². The van der Waals surface area contributed by atoms with Crippen LogP contribution in [-0.2, 0) is 6.54 Å². The third-order valence-corrected chi connectivity index (χ3v) is 4.58. The Morgan fingerprint density at radius 1 is 1.22 bits per heavy atom. The first-order valence-electron chi connectivity index (χ1n) is 7.70. The summed E-state index contributed by atoms with van der Waals surface area (Å²) < 4.78 is 0. The van der Waals surface area contributed by atoms with Crippen molar-refractivity contribution in [3.8, 4) is 10.6 Å². The minimum Gasteiger partial charge on any atom is -0.356 e. The molecule has 0 aliphatic carbocycles. The predicted octanol–water partition coefficient (Wildman–Crippen LogP) is 4.20. The molecule has 2 rings (SSSR count). The highest BCUT2D eigenvalue weighted by molar-refractivity contribution is 14.0. The maximum Gasteiger partial charge on any atom is 0.191 e. The molecule has 126 valence electrons. The minimum atomic E-state index is 0. The summed E-state index contributed by atoms with van der Waals surface area (Å²) in [7, 11) is 1.80. The van der Waals surface area contributed by atoms with Crippen LogP contribution in [0.4, 0.5) is 0 Å². The van der Waals surface area contributed by atoms with Gasteiger partial charge in [-0.3, -0.25) is 4.99 Å². The lowest BCUT2D eigenvalue weighted by molar-refractivity contribution is 0.729. The lowest BCUT2D eigenvalue weighted by Crippen LogP contribution is -2.37. The molecule has 2 aromatic rings. The van der Waals surface area contributed by atoms with E-state index in [-0.39, 0.29) is 24.0 Å². The lowest BCUT2D eigenvalue weighted by atomic mass is 10.2. The fraction of sp³-hybridized carbons (Fsp3) is 0.412. The van der Waals surface area contributed by atoms with Crippen molar-refractivity contribution in [2.75, 3.05) is 13.6 Å². The number of aliphatic imine (C=N–C) groups is 1. The van der Waals surface area contributed by atoms with Gasteiger partial charge >= 0.3 is 0 Å². The Balaban J connectivity index is 0.00000264. The number of nitrogens with one attached hydrogen (secondary N) is 2. The molecule has 1 heterocycles. The number of thiazole rings is 1. The Morgan fingerprint density at radius 3 is 2.61 bits per heavy atom. The summed E-state index contributed by atoms with van der Waals surface area (Å²) in [5.41, 5.74) is 2.26. The Hall–Kier alpha value is -1.15. The average molecular weight is 444 g/mol. The molecule has 0 spiro atoms. The molecule has 1 aromatic heterocycles. The van der Waals surface area contributed by atoms with Crippen molar-refractivity contribution >= 4 is 41.3 Å². The molecule has 4 nitrogen and oxygen atoms in total. The highest BCUT2D eigenvalue weighted by atomic mass is 127. The van der Waals surface area contributed by atoms with Gasteiger partial charge in [0.15, 0.2) is 5.96 Å². The summed E-state index contributed by atoms with van der Waals surface area (Å²) in [6.45, 7) is 5.95. The van der Waals surface area contributed by atoms with Gasteiger partial charge in [0.1, 0.15) is 5.01 Å². The molecule has 0 radical (unpaired) electrons. The van der Waals surface area contributed by atoms with Crippen LogP contribution >= 0.6 is 35.3 Å². The minimum absolute atomic E-state index is 0. The summed E-state index contributed by atoms with van der Waals surface area (Å²) >= 11 is 1.74. The van der Waals surface area contributed by atoms with E-state index in [1.807, 2.05) is 18.2 Å². The van der Waals surface area contributed by atoms with Gasteiger partial charge in [-0.2, -0.15) is 0 Å². The normalized spacial score (nSPS) is 11.0. The van der Waals surface area contributed by atoms with Crippen LogP contribution in [0.25, 0.3) is 10.6 Å². The topological polar surface area (TPSA) is 49.3 Å². The predicted molar refractivity (Wildman–Crippen MR) is 111 cm³/mol. The lowest BCUT2D eigenvalue weighted by Gasteiger charge is -2.10. The van der Waals surface area contributed by atoms with Crippen LogP contribution in [0.15, 0.2) is 35.3 Å². The second-order valence-corrected chi connectivity index (χ2v) is 6.18. The van der Waals surface area contributed by atoms with Gasteiger partial charge in [-0.25, -0.2) is 4.98 Å². The summed E-state index contributed by atoms with van der Waals surface area (Å²) in [5, 5.41) is 7.75. The number of aromatic nitrogens is 1. The zero-order valence-electron chi connectivity index (χ0n) is 13.9. The van der Waals surface area contributed by atoms with E-state index in [2.05, 4.69) is 46.6 Å². The average Bonchev–Trinajstić information content (AvgIpc) is 2.93. The van der Waals surface area contributed by atoms with E-state index in [9.17, 15) is 0 Å². The Labute approximate surface area is 159 Å². The second-order valence-electron chi connectivity index (χ2n) is 5.10. The number of nitrogens with zero attached hydrogens (tertiary/aromatic N) is 2. The third kappa shape index (κ3) is 6.10. The molecule has 0 saturated carbocycles. The molecule has 0 unspecified atom stereocenters. The first-order valence-corrected chi connectivity index (χ1v) is 8.52. The van der Waals surface area contributed by atoms with Crippen molar-refractivity contribution in [1.29, 1.82) is 0 Å². The molecule has 0 aliphatic heterocycles. The van der Waals surface area contributed by atoms with Crippen molar-refractivity contribution in [2.45, 2.75) is 33.2 Å². The fourth-order valence-electron chi connectivity index (χ4n) is 2.06. The van der Waals surface area contributed by atoms with Crippen molar-refractivity contribution < 1.29 is 0 Å². The zero-order valence-corrected chi connectivity index (χ0v) is 17.1. The van der Waals surface area contributed by atoms with Crippen LogP contribution in [0.5, 0.6) is 0 Å². The molecule has 0 amide bonds. The molecule has 23 heavy (non-hydrogen) atoms. The number of aryl methyl sites for hydroxylation is 1. The maximum absolute atomic E-state index is 4.68. The Morgan fingerprint density at radius 2 is 1.96 bits per heavy atom. The van der Waals surface area contributed by atoms with Crippen LogP contribution in [-0.4, -0.2) is 24.5 Å². The van der Waals surface area contributed by atoms with Gasteiger partial charge in [0, 0.05) is 24.0 Å². The monoisotopic (exact) mass is 444 g/mol. The van der Waals surface area contributed by atoms with Gasteiger partial charge in [0.05, 0.1) is 12.2 Å². The van der Waals surface area contributed by atoms with Crippen LogP contribution in [0.1, 0.15) is 30.3 Å². The van der Waals surface area contributed by atoms with Gasteiger partial charge in [-0.05, 0) is 13.3 Å². The Kier molecular flexibility index (Phi) is 9.16. The number of benzene rings is 1. The molecular formula is C17H25IN4S. The summed E-state index contributed by atoms with van der Waals surface area (Å²) in [4.78, 5) is 10.2. The van der Waals surface area contributed by atoms with E-state index in [1.54, 1.807) is 18.4 Å². The largest absolute Gasteiger partial charge is 0.356 e. The van der Waals surface area contributed by atoms with E-state index in [4.69, 9.17) is 0 Å². The van der Waals surface area contributed by atoms with E-state index in [1.165, 1.54) is 16.9 Å². The fourth-order valence-corrected chi connectivity index (χ4v) is 3.07. The first-order chi connectivity index (χ1) is 10.7. The summed E-state index contributed by atoms with van der Waals surface area (Å²) in [6.07, 6.45) is 2.33.